The van der Waals surface area contributed by atoms with E-state index >= 15 is 0 Å². The van der Waals surface area contributed by atoms with Gasteiger partial charge in [-0.2, -0.15) is 0 Å². The smallest absolute Gasteiger partial charge is 0.272 e. The lowest BCUT2D eigenvalue weighted by molar-refractivity contribution is 0.274. The molecule has 0 fully saturated rings. The summed E-state index contributed by atoms with van der Waals surface area (Å²) in [6.45, 7) is 0. The Kier molecular flexibility index (Phi) is 3.01. The van der Waals surface area contributed by atoms with Crippen molar-refractivity contribution < 1.29 is 13.9 Å². The minimum atomic E-state index is -0.824. The van der Waals surface area contributed by atoms with E-state index in [1.165, 1.54) is 0 Å². The maximum atomic E-state index is 9.53. The molecule has 0 unspecified atom stereocenters. The summed E-state index contributed by atoms with van der Waals surface area (Å²) in [6, 6.07) is 0. The molecule has 0 spiro atoms. The van der Waals surface area contributed by atoms with E-state index in [1.807, 2.05) is 0 Å². The van der Waals surface area contributed by atoms with Crippen LogP contribution in [0, 0.1) is 0 Å². The van der Waals surface area contributed by atoms with Gasteiger partial charge in [-0.25, -0.2) is 0 Å². The number of carbonyl (C=O) groups is 1. The second-order valence-corrected chi connectivity index (χ2v) is 2.00. The molecule has 0 aromatic heterocycles. The van der Waals surface area contributed by atoms with Crippen LogP contribution in [0.5, 0.6) is 0 Å². The highest BCUT2D eigenvalue weighted by Crippen LogP contribution is 2.07. The molecule has 0 saturated carbocycles. The van der Waals surface area contributed by atoms with Gasteiger partial charge in [0, 0.05) is 0 Å². The van der Waals surface area contributed by atoms with Gasteiger partial charge in [-0.1, -0.05) is 0 Å². The van der Waals surface area contributed by atoms with Gasteiger partial charge in [0.15, 0.2) is 0 Å². The van der Waals surface area contributed by atoms with Gasteiger partial charge in [0.2, 0.25) is 16.9 Å². The number of rotatable bonds is 2. The van der Waals surface area contributed by atoms with E-state index in [9.17, 15) is 13.9 Å². The molecule has 0 aliphatic carbocycles. The van der Waals surface area contributed by atoms with Crippen molar-refractivity contribution in [2.24, 2.45) is 0 Å². The molecule has 0 N–H and O–H groups in total. The van der Waals surface area contributed by atoms with E-state index in [0.29, 0.717) is 0 Å². The van der Waals surface area contributed by atoms with Crippen molar-refractivity contribution in [1.29, 1.82) is 0 Å². The van der Waals surface area contributed by atoms with E-state index in [4.69, 9.17) is 0 Å². The molecule has 0 aromatic carbocycles. The van der Waals surface area contributed by atoms with Crippen molar-refractivity contribution in [2.75, 3.05) is 0 Å². The Morgan fingerprint density at radius 3 is 1.50 bits per heavy atom. The predicted octanol–water partition coefficient (Wildman–Crippen LogP) is 1.69. The highest BCUT2D eigenvalue weighted by molar-refractivity contribution is 7.74. The summed E-state index contributed by atoms with van der Waals surface area (Å²) in [4.78, 5) is 9.53. The van der Waals surface area contributed by atoms with Crippen LogP contribution in [0.2, 0.25) is 0 Å². The molecule has 0 bridgehead atoms. The molecule has 3 nitrogen and oxygen atoms in total. The van der Waals surface area contributed by atoms with Crippen molar-refractivity contribution >= 4 is 22.2 Å². The Balaban J connectivity index is 3.52. The maximum Gasteiger partial charge on any atom is 0.312 e. The maximum absolute atomic E-state index is 9.53. The number of hydrogen-bond acceptors (Lipinski definition) is 3. The third kappa shape index (κ3) is 2.13. The molecule has 0 heterocycles. The molecule has 0 atom stereocenters. The highest BCUT2D eigenvalue weighted by Gasteiger charge is 1.92. The van der Waals surface area contributed by atoms with Gasteiger partial charge >= 0.3 is 5.27 Å². The van der Waals surface area contributed by atoms with Gasteiger partial charge < -0.3 is 0 Å². The van der Waals surface area contributed by atoms with Gasteiger partial charge in [-0.3, -0.25) is 13.9 Å². The number of carbonyl (C=O) groups excluding carboxylic acids is 1. The average Bonchev–Trinajstić information content (AvgIpc) is 1.65. The first-order valence-electron chi connectivity index (χ1n) is 1.02. The third-order valence-corrected chi connectivity index (χ3v) is 0.958. The molecule has 0 amide bonds. The first-order chi connectivity index (χ1) is 2.81. The monoisotopic (exact) mass is 122 g/mol. The lowest BCUT2D eigenvalue weighted by atomic mass is 11.8. The summed E-state index contributed by atoms with van der Waals surface area (Å²) in [6.07, 6.45) is 0. The van der Waals surface area contributed by atoms with E-state index < -0.39 is 22.2 Å². The summed E-state index contributed by atoms with van der Waals surface area (Å²) >= 11 is 0. The summed E-state index contributed by atoms with van der Waals surface area (Å²) in [5.41, 5.74) is 0. The first kappa shape index (κ1) is 5.87. The van der Waals surface area contributed by atoms with Crippen LogP contribution < -0.4 is 0 Å². The van der Waals surface area contributed by atoms with E-state index in [2.05, 4.69) is 0 Å². The van der Waals surface area contributed by atoms with Crippen LogP contribution in [0.15, 0.2) is 0 Å². The molecule has 0 aliphatic rings. The zero-order valence-corrected chi connectivity index (χ0v) is 4.41. The van der Waals surface area contributed by atoms with Gasteiger partial charge in [0.25, 0.3) is 0 Å². The van der Waals surface area contributed by atoms with Crippen molar-refractivity contribution in [3.8, 4) is 0 Å². The molecule has 32 valence electrons. The Morgan fingerprint density at radius 2 is 1.50 bits per heavy atom. The van der Waals surface area contributed by atoms with E-state index in [-0.39, 0.29) is 0 Å². The van der Waals surface area contributed by atoms with E-state index in [1.54, 1.807) is 0 Å². The molecule has 0 saturated heterocycles. The van der Waals surface area contributed by atoms with Crippen LogP contribution in [0.3, 0.4) is 0 Å². The Morgan fingerprint density at radius 1 is 1.17 bits per heavy atom. The zero-order valence-electron chi connectivity index (χ0n) is 2.62. The van der Waals surface area contributed by atoms with Crippen LogP contribution in [-0.2, 0) is 9.13 Å². The third-order valence-electron chi connectivity index (χ3n) is 0.156. The minimum absolute atomic E-state index is 0.686. The molecule has 0 aromatic rings. The van der Waals surface area contributed by atoms with E-state index in [0.717, 1.165) is 0 Å². The fourth-order valence-electron chi connectivity index (χ4n) is 0.0167. The average molecular weight is 122 g/mol. The van der Waals surface area contributed by atoms with Crippen LogP contribution in [0.4, 0.5) is 4.79 Å². The van der Waals surface area contributed by atoms with Crippen molar-refractivity contribution in [1.82, 2.24) is 0 Å². The Hall–Kier alpha value is -0.130. The lowest BCUT2D eigenvalue weighted by Gasteiger charge is -1.53. The largest absolute Gasteiger partial charge is 0.312 e. The van der Waals surface area contributed by atoms with Crippen LogP contribution in [-0.4, -0.2) is 5.27 Å². The first-order valence-corrected chi connectivity index (χ1v) is 2.64. The number of hydrogen-bond donors (Lipinski definition) is 0. The summed E-state index contributed by atoms with van der Waals surface area (Å²) in [7, 11) is -1.37. The van der Waals surface area contributed by atoms with Gasteiger partial charge in [-0.15, -0.1) is 0 Å². The Bertz CT molecular complexity index is 76.8. The second-order valence-electron chi connectivity index (χ2n) is 0.465. The van der Waals surface area contributed by atoms with Crippen molar-refractivity contribution in [3.05, 3.63) is 0 Å². The molecule has 0 radical (unpaired) electrons. The van der Waals surface area contributed by atoms with Crippen molar-refractivity contribution in [3.63, 3.8) is 0 Å². The zero-order chi connectivity index (χ0) is 4.99. The fourth-order valence-corrected chi connectivity index (χ4v) is 0.150. The SMILES string of the molecule is O=PC(=O)P=O. The highest BCUT2D eigenvalue weighted by atomic mass is 31.1. The second kappa shape index (κ2) is 3.08. The molecule has 5 heteroatoms. The standard InChI is InChI=1S/CO3P2/c2-1(5-3)6-4. The molecule has 0 rings (SSSR count). The Labute approximate surface area is 37.1 Å². The van der Waals surface area contributed by atoms with Crippen molar-refractivity contribution in [2.45, 2.75) is 0 Å². The quantitative estimate of drug-likeness (QED) is 0.523. The van der Waals surface area contributed by atoms with Crippen LogP contribution in [0.1, 0.15) is 0 Å². The topological polar surface area (TPSA) is 51.2 Å². The molecule has 0 aliphatic heterocycles. The molecular weight excluding hydrogens is 122 g/mol. The predicted molar refractivity (Wildman–Crippen MR) is 20.6 cm³/mol. The molecule has 6 heavy (non-hydrogen) atoms. The van der Waals surface area contributed by atoms with Crippen LogP contribution in [0.25, 0.3) is 0 Å². The summed E-state index contributed by atoms with van der Waals surface area (Å²) < 4.78 is 18.6. The van der Waals surface area contributed by atoms with Crippen LogP contribution >= 0.6 is 16.9 Å². The van der Waals surface area contributed by atoms with Gasteiger partial charge in [-0.05, 0) is 0 Å². The van der Waals surface area contributed by atoms with Gasteiger partial charge in [0.1, 0.15) is 0 Å². The summed E-state index contributed by atoms with van der Waals surface area (Å²) in [5, 5.41) is -0.824. The minimum Gasteiger partial charge on any atom is -0.272 e. The lowest BCUT2D eigenvalue weighted by Crippen LogP contribution is -1.52. The summed E-state index contributed by atoms with van der Waals surface area (Å²) in [5.74, 6) is 0. The normalized spacial score (nSPS) is 9.33. The molecular formula is CO3P2. The fraction of sp³-hybridized carbons (Fsp3) is 0. The van der Waals surface area contributed by atoms with Gasteiger partial charge in [0.05, 0.1) is 0 Å².